The summed E-state index contributed by atoms with van der Waals surface area (Å²) >= 11 is 0. The van der Waals surface area contributed by atoms with Crippen LogP contribution < -0.4 is 4.90 Å². The second-order valence-corrected chi connectivity index (χ2v) is 6.29. The van der Waals surface area contributed by atoms with Gasteiger partial charge in [0.25, 0.3) is 5.91 Å². The molecule has 1 amide bonds. The molecule has 2 aliphatic rings. The van der Waals surface area contributed by atoms with Gasteiger partial charge in [-0.25, -0.2) is 4.39 Å². The Balaban J connectivity index is 1.77. The molecule has 2 aromatic rings. The third kappa shape index (κ3) is 2.47. The van der Waals surface area contributed by atoms with Crippen molar-refractivity contribution in [1.82, 2.24) is 0 Å². The molecule has 1 aliphatic heterocycles. The van der Waals surface area contributed by atoms with Gasteiger partial charge in [-0.2, -0.15) is 0 Å². The van der Waals surface area contributed by atoms with E-state index in [1.165, 1.54) is 23.1 Å². The van der Waals surface area contributed by atoms with E-state index in [2.05, 4.69) is 11.8 Å². The van der Waals surface area contributed by atoms with Gasteiger partial charge in [0.05, 0.1) is 12.2 Å². The van der Waals surface area contributed by atoms with Crippen molar-refractivity contribution < 1.29 is 14.3 Å². The first-order valence-corrected chi connectivity index (χ1v) is 7.99. The predicted molar refractivity (Wildman–Crippen MR) is 88.4 cm³/mol. The largest absolute Gasteiger partial charge is 0.366 e. The molecule has 0 spiro atoms. The molecule has 0 radical (unpaired) electrons. The molecule has 0 saturated heterocycles. The van der Waals surface area contributed by atoms with Crippen LogP contribution in [0.3, 0.4) is 0 Å². The van der Waals surface area contributed by atoms with E-state index in [0.29, 0.717) is 12.2 Å². The molecule has 1 aliphatic carbocycles. The van der Waals surface area contributed by atoms with Crippen molar-refractivity contribution >= 4 is 11.6 Å². The number of carbonyl (C=O) groups excluding carboxylic acids is 1. The molecule has 1 saturated carbocycles. The Kier molecular flexibility index (Phi) is 3.40. The van der Waals surface area contributed by atoms with Crippen LogP contribution in [0.25, 0.3) is 0 Å². The number of carbonyl (C=O) groups is 1. The molecular formula is C20H16FNO2. The van der Waals surface area contributed by atoms with E-state index in [4.69, 9.17) is 0 Å². The molecule has 4 rings (SSSR count). The molecule has 3 nitrogen and oxygen atoms in total. The zero-order chi connectivity index (χ0) is 16.7. The SMILES string of the molecule is O=C1N(Cc2ccccc2)c2ccc(F)cc2[C@@]1(O)C#CC1CC1. The zero-order valence-corrected chi connectivity index (χ0v) is 13.0. The molecule has 0 bridgehead atoms. The topological polar surface area (TPSA) is 40.5 Å². The number of benzene rings is 2. The Bertz CT molecular complexity index is 864. The number of hydrogen-bond donors (Lipinski definition) is 1. The van der Waals surface area contributed by atoms with Crippen molar-refractivity contribution in [2.24, 2.45) is 5.92 Å². The van der Waals surface area contributed by atoms with Gasteiger partial charge < -0.3 is 10.0 Å². The fraction of sp³-hybridized carbons (Fsp3) is 0.250. The Morgan fingerprint density at radius 3 is 2.67 bits per heavy atom. The predicted octanol–water partition coefficient (Wildman–Crippen LogP) is 2.97. The molecule has 1 atom stereocenters. The Hall–Kier alpha value is -2.64. The molecule has 4 heteroatoms. The van der Waals surface area contributed by atoms with E-state index in [0.717, 1.165) is 18.4 Å². The van der Waals surface area contributed by atoms with Gasteiger partial charge in [-0.1, -0.05) is 42.2 Å². The summed E-state index contributed by atoms with van der Waals surface area (Å²) in [4.78, 5) is 14.4. The average Bonchev–Trinajstić information content (AvgIpc) is 3.40. The van der Waals surface area contributed by atoms with Crippen LogP contribution >= 0.6 is 0 Å². The maximum Gasteiger partial charge on any atom is 0.276 e. The summed E-state index contributed by atoms with van der Waals surface area (Å²) in [5.74, 6) is 4.89. The van der Waals surface area contributed by atoms with Crippen LogP contribution in [0.2, 0.25) is 0 Å². The van der Waals surface area contributed by atoms with Gasteiger partial charge in [-0.05, 0) is 36.6 Å². The first kappa shape index (κ1) is 14.9. The summed E-state index contributed by atoms with van der Waals surface area (Å²) in [6.07, 6.45) is 1.97. The molecular weight excluding hydrogens is 305 g/mol. The number of rotatable bonds is 2. The third-order valence-corrected chi connectivity index (χ3v) is 4.41. The highest BCUT2D eigenvalue weighted by molar-refractivity contribution is 6.09. The molecule has 0 aromatic heterocycles. The quantitative estimate of drug-likeness (QED) is 0.864. The highest BCUT2D eigenvalue weighted by atomic mass is 19.1. The number of aliphatic hydroxyl groups is 1. The van der Waals surface area contributed by atoms with Crippen LogP contribution in [-0.2, 0) is 16.9 Å². The van der Waals surface area contributed by atoms with Crippen molar-refractivity contribution in [2.75, 3.05) is 4.90 Å². The van der Waals surface area contributed by atoms with Gasteiger partial charge in [0, 0.05) is 11.5 Å². The second-order valence-electron chi connectivity index (χ2n) is 6.29. The van der Waals surface area contributed by atoms with Crippen molar-refractivity contribution in [3.05, 3.63) is 65.5 Å². The monoisotopic (exact) mass is 321 g/mol. The first-order chi connectivity index (χ1) is 11.6. The van der Waals surface area contributed by atoms with Crippen molar-refractivity contribution in [2.45, 2.75) is 25.0 Å². The lowest BCUT2D eigenvalue weighted by molar-refractivity contribution is -0.130. The van der Waals surface area contributed by atoms with Crippen molar-refractivity contribution in [3.8, 4) is 11.8 Å². The lowest BCUT2D eigenvalue weighted by Gasteiger charge is -2.19. The van der Waals surface area contributed by atoms with Crippen LogP contribution in [-0.4, -0.2) is 11.0 Å². The molecule has 1 heterocycles. The fourth-order valence-corrected chi connectivity index (χ4v) is 2.93. The highest BCUT2D eigenvalue weighted by Gasteiger charge is 2.49. The van der Waals surface area contributed by atoms with E-state index in [9.17, 15) is 14.3 Å². The van der Waals surface area contributed by atoms with Crippen LogP contribution in [0.4, 0.5) is 10.1 Å². The standard InChI is InChI=1S/C20H16FNO2/c21-16-8-9-18-17(12-16)20(24,11-10-14-6-7-14)19(23)22(18)13-15-4-2-1-3-5-15/h1-5,8-9,12,14,24H,6-7,13H2/t20-/m0/s1. The van der Waals surface area contributed by atoms with Gasteiger partial charge >= 0.3 is 0 Å². The average molecular weight is 321 g/mol. The van der Waals surface area contributed by atoms with Gasteiger partial charge in [0.2, 0.25) is 5.60 Å². The molecule has 1 fully saturated rings. The number of anilines is 1. The second kappa shape index (κ2) is 5.47. The normalized spacial score (nSPS) is 22.1. The van der Waals surface area contributed by atoms with Crippen LogP contribution in [0.5, 0.6) is 0 Å². The molecule has 1 N–H and O–H groups in total. The van der Waals surface area contributed by atoms with Gasteiger partial charge in [-0.3, -0.25) is 4.79 Å². The summed E-state index contributed by atoms with van der Waals surface area (Å²) in [5, 5.41) is 10.9. The minimum Gasteiger partial charge on any atom is -0.366 e. The Morgan fingerprint density at radius 2 is 1.96 bits per heavy atom. The zero-order valence-electron chi connectivity index (χ0n) is 13.0. The number of fused-ring (bicyclic) bond motifs is 1. The van der Waals surface area contributed by atoms with Gasteiger partial charge in [0.15, 0.2) is 0 Å². The maximum atomic E-state index is 13.7. The minimum absolute atomic E-state index is 0.233. The Morgan fingerprint density at radius 1 is 1.21 bits per heavy atom. The van der Waals surface area contributed by atoms with Gasteiger partial charge in [-0.15, -0.1) is 0 Å². The van der Waals surface area contributed by atoms with E-state index in [-0.39, 0.29) is 11.5 Å². The summed E-state index contributed by atoms with van der Waals surface area (Å²) < 4.78 is 13.7. The maximum absolute atomic E-state index is 13.7. The number of nitrogens with zero attached hydrogens (tertiary/aromatic N) is 1. The summed E-state index contributed by atoms with van der Waals surface area (Å²) in [7, 11) is 0. The minimum atomic E-state index is -1.96. The Labute approximate surface area is 139 Å². The van der Waals surface area contributed by atoms with E-state index in [1.807, 2.05) is 30.3 Å². The first-order valence-electron chi connectivity index (χ1n) is 7.99. The third-order valence-electron chi connectivity index (χ3n) is 4.41. The van der Waals surface area contributed by atoms with Crippen molar-refractivity contribution in [3.63, 3.8) is 0 Å². The molecule has 120 valence electrons. The fourth-order valence-electron chi connectivity index (χ4n) is 2.93. The number of halogens is 1. The summed E-state index contributed by atoms with van der Waals surface area (Å²) in [5.41, 5.74) is -0.288. The van der Waals surface area contributed by atoms with E-state index < -0.39 is 17.3 Å². The lowest BCUT2D eigenvalue weighted by atomic mass is 9.95. The molecule has 2 aromatic carbocycles. The highest BCUT2D eigenvalue weighted by Crippen LogP contribution is 2.41. The van der Waals surface area contributed by atoms with E-state index >= 15 is 0 Å². The smallest absolute Gasteiger partial charge is 0.276 e. The van der Waals surface area contributed by atoms with Crippen molar-refractivity contribution in [1.29, 1.82) is 0 Å². The number of hydrogen-bond acceptors (Lipinski definition) is 2. The van der Waals surface area contributed by atoms with E-state index in [1.54, 1.807) is 0 Å². The van der Waals surface area contributed by atoms with Crippen LogP contribution in [0.1, 0.15) is 24.0 Å². The van der Waals surface area contributed by atoms with Crippen LogP contribution in [0, 0.1) is 23.6 Å². The lowest BCUT2D eigenvalue weighted by Crippen LogP contribution is -2.39. The summed E-state index contributed by atoms with van der Waals surface area (Å²) in [6, 6.07) is 13.5. The number of amides is 1. The summed E-state index contributed by atoms with van der Waals surface area (Å²) in [6.45, 7) is 0.311. The van der Waals surface area contributed by atoms with Gasteiger partial charge in [0.1, 0.15) is 5.82 Å². The molecule has 0 unspecified atom stereocenters. The van der Waals surface area contributed by atoms with Crippen LogP contribution in [0.15, 0.2) is 48.5 Å². The molecule has 24 heavy (non-hydrogen) atoms.